The van der Waals surface area contributed by atoms with Gasteiger partial charge < -0.3 is 9.84 Å². The van der Waals surface area contributed by atoms with Crippen molar-refractivity contribution in [1.29, 1.82) is 0 Å². The molecule has 2 rings (SSSR count). The Morgan fingerprint density at radius 2 is 2.21 bits per heavy atom. The molecule has 1 aromatic rings. The molecule has 0 aliphatic carbocycles. The lowest BCUT2D eigenvalue weighted by Crippen LogP contribution is -2.38. The maximum absolute atomic E-state index is 10.3. The summed E-state index contributed by atoms with van der Waals surface area (Å²) < 4.78 is 6.38. The van der Waals surface area contributed by atoms with Crippen molar-refractivity contribution >= 4 is 27.3 Å². The molecule has 78 valence electrons. The molecule has 1 saturated heterocycles. The Morgan fingerprint density at radius 1 is 1.50 bits per heavy atom. The third-order valence-corrected chi connectivity index (χ3v) is 4.45. The summed E-state index contributed by atoms with van der Waals surface area (Å²) in [7, 11) is 0. The van der Waals surface area contributed by atoms with Crippen LogP contribution in [0.25, 0.3) is 0 Å². The van der Waals surface area contributed by atoms with Crippen LogP contribution in [0.3, 0.4) is 0 Å². The summed E-state index contributed by atoms with van der Waals surface area (Å²) >= 11 is 5.16. The monoisotopic (exact) mass is 276 g/mol. The molecule has 0 atom stereocenters. The van der Waals surface area contributed by atoms with Crippen molar-refractivity contribution < 1.29 is 9.84 Å². The molecule has 1 aliphatic rings. The Morgan fingerprint density at radius 3 is 2.79 bits per heavy atom. The summed E-state index contributed by atoms with van der Waals surface area (Å²) in [5.41, 5.74) is 0.654. The van der Waals surface area contributed by atoms with Gasteiger partial charge in [-0.25, -0.2) is 0 Å². The van der Waals surface area contributed by atoms with Crippen molar-refractivity contribution in [2.45, 2.75) is 24.9 Å². The van der Waals surface area contributed by atoms with Crippen molar-refractivity contribution in [3.8, 4) is 0 Å². The van der Waals surface area contributed by atoms with Gasteiger partial charge in [-0.2, -0.15) is 0 Å². The van der Waals surface area contributed by atoms with E-state index in [9.17, 15) is 5.11 Å². The third-order valence-electron chi connectivity index (χ3n) is 2.64. The lowest BCUT2D eigenvalue weighted by atomic mass is 9.88. The van der Waals surface area contributed by atoms with Gasteiger partial charge in [-0.15, -0.1) is 11.3 Å². The molecule has 0 bridgehead atoms. The van der Waals surface area contributed by atoms with Crippen LogP contribution >= 0.6 is 27.3 Å². The van der Waals surface area contributed by atoms with Crippen LogP contribution < -0.4 is 0 Å². The molecule has 0 spiro atoms. The normalized spacial score (nSPS) is 21.0. The fraction of sp³-hybridized carbons (Fsp3) is 0.600. The Balaban J connectivity index is 2.05. The minimum absolute atomic E-state index is 0.554. The van der Waals surface area contributed by atoms with Crippen LogP contribution in [0.4, 0.5) is 0 Å². The second kappa shape index (κ2) is 4.31. The van der Waals surface area contributed by atoms with E-state index in [1.807, 2.05) is 5.38 Å². The van der Waals surface area contributed by atoms with E-state index in [-0.39, 0.29) is 0 Å². The molecule has 0 aromatic carbocycles. The first kappa shape index (κ1) is 10.6. The van der Waals surface area contributed by atoms with Gasteiger partial charge in [0, 0.05) is 19.6 Å². The Hall–Kier alpha value is 0.1000. The molecule has 1 fully saturated rings. The molecular weight excluding hydrogens is 264 g/mol. The standard InChI is InChI=1S/C10H13BrO2S/c11-9-8(1-6-14-9)7-10(12)2-4-13-5-3-10/h1,6,12H,2-5,7H2. The number of ether oxygens (including phenoxy) is 1. The smallest absolute Gasteiger partial charge is 0.0732 e. The van der Waals surface area contributed by atoms with Crippen LogP contribution in [-0.2, 0) is 11.2 Å². The van der Waals surface area contributed by atoms with Crippen LogP contribution in [0, 0.1) is 0 Å². The minimum Gasteiger partial charge on any atom is -0.389 e. The zero-order valence-electron chi connectivity index (χ0n) is 7.83. The van der Waals surface area contributed by atoms with Gasteiger partial charge in [0.15, 0.2) is 0 Å². The summed E-state index contributed by atoms with van der Waals surface area (Å²) in [4.78, 5) is 0. The highest BCUT2D eigenvalue weighted by molar-refractivity contribution is 9.11. The second-order valence-electron chi connectivity index (χ2n) is 3.73. The van der Waals surface area contributed by atoms with Gasteiger partial charge in [-0.05, 0) is 45.8 Å². The number of hydrogen-bond acceptors (Lipinski definition) is 3. The molecule has 2 nitrogen and oxygen atoms in total. The maximum Gasteiger partial charge on any atom is 0.0732 e. The van der Waals surface area contributed by atoms with Gasteiger partial charge in [0.25, 0.3) is 0 Å². The highest BCUT2D eigenvalue weighted by atomic mass is 79.9. The summed E-state index contributed by atoms with van der Waals surface area (Å²) in [6.07, 6.45) is 2.23. The van der Waals surface area contributed by atoms with Crippen molar-refractivity contribution in [1.82, 2.24) is 0 Å². The molecule has 0 radical (unpaired) electrons. The van der Waals surface area contributed by atoms with Crippen LogP contribution in [0.1, 0.15) is 18.4 Å². The highest BCUT2D eigenvalue weighted by Crippen LogP contribution is 2.31. The first-order chi connectivity index (χ1) is 6.70. The first-order valence-corrected chi connectivity index (χ1v) is 6.39. The second-order valence-corrected chi connectivity index (χ2v) is 5.97. The van der Waals surface area contributed by atoms with E-state index in [1.54, 1.807) is 11.3 Å². The number of rotatable bonds is 2. The van der Waals surface area contributed by atoms with E-state index in [1.165, 1.54) is 5.56 Å². The van der Waals surface area contributed by atoms with Crippen molar-refractivity contribution in [3.05, 3.63) is 20.8 Å². The molecule has 1 aromatic heterocycles. The molecule has 1 N–H and O–H groups in total. The van der Waals surface area contributed by atoms with Gasteiger partial charge in [0.1, 0.15) is 0 Å². The molecule has 0 unspecified atom stereocenters. The largest absolute Gasteiger partial charge is 0.389 e. The van der Waals surface area contributed by atoms with E-state index >= 15 is 0 Å². The summed E-state index contributed by atoms with van der Waals surface area (Å²) in [5, 5.41) is 12.3. The molecule has 1 aliphatic heterocycles. The predicted molar refractivity (Wildman–Crippen MR) is 60.7 cm³/mol. The number of halogens is 1. The minimum atomic E-state index is -0.554. The average molecular weight is 277 g/mol. The van der Waals surface area contributed by atoms with E-state index < -0.39 is 5.60 Å². The van der Waals surface area contributed by atoms with Crippen LogP contribution in [0.5, 0.6) is 0 Å². The van der Waals surface area contributed by atoms with Gasteiger partial charge in [-0.1, -0.05) is 0 Å². The zero-order valence-corrected chi connectivity index (χ0v) is 10.2. The maximum atomic E-state index is 10.3. The lowest BCUT2D eigenvalue weighted by Gasteiger charge is -2.31. The number of hydrogen-bond donors (Lipinski definition) is 1. The summed E-state index contributed by atoms with van der Waals surface area (Å²) in [6, 6.07) is 2.07. The Bertz CT molecular complexity index is 305. The van der Waals surface area contributed by atoms with Crippen LogP contribution in [0.2, 0.25) is 0 Å². The fourth-order valence-corrected chi connectivity index (χ4v) is 2.97. The summed E-state index contributed by atoms with van der Waals surface area (Å²) in [5.74, 6) is 0. The molecule has 4 heteroatoms. The van der Waals surface area contributed by atoms with E-state index in [0.717, 1.165) is 23.0 Å². The highest BCUT2D eigenvalue weighted by Gasteiger charge is 2.30. The lowest BCUT2D eigenvalue weighted by molar-refractivity contribution is -0.0626. The Labute approximate surface area is 96.0 Å². The molecular formula is C10H13BrO2S. The van der Waals surface area contributed by atoms with Gasteiger partial charge in [0.05, 0.1) is 9.39 Å². The van der Waals surface area contributed by atoms with Crippen LogP contribution in [-0.4, -0.2) is 23.9 Å². The first-order valence-electron chi connectivity index (χ1n) is 4.72. The van der Waals surface area contributed by atoms with Crippen molar-refractivity contribution in [2.24, 2.45) is 0 Å². The van der Waals surface area contributed by atoms with Crippen LogP contribution in [0.15, 0.2) is 15.2 Å². The number of aliphatic hydroxyl groups is 1. The third kappa shape index (κ3) is 2.37. The van der Waals surface area contributed by atoms with E-state index in [4.69, 9.17) is 4.74 Å². The number of thiophene rings is 1. The molecule has 0 amide bonds. The van der Waals surface area contributed by atoms with Gasteiger partial charge in [-0.3, -0.25) is 0 Å². The van der Waals surface area contributed by atoms with Gasteiger partial charge >= 0.3 is 0 Å². The fourth-order valence-electron chi connectivity index (χ4n) is 1.73. The van der Waals surface area contributed by atoms with E-state index in [0.29, 0.717) is 13.2 Å². The van der Waals surface area contributed by atoms with Crippen molar-refractivity contribution in [3.63, 3.8) is 0 Å². The average Bonchev–Trinajstić information content (AvgIpc) is 2.52. The quantitative estimate of drug-likeness (QED) is 0.900. The SMILES string of the molecule is OC1(Cc2ccsc2Br)CCOCC1. The molecule has 14 heavy (non-hydrogen) atoms. The van der Waals surface area contributed by atoms with Crippen molar-refractivity contribution in [2.75, 3.05) is 13.2 Å². The summed E-state index contributed by atoms with van der Waals surface area (Å²) in [6.45, 7) is 1.36. The Kier molecular flexibility index (Phi) is 3.27. The molecule has 2 heterocycles. The topological polar surface area (TPSA) is 29.5 Å². The van der Waals surface area contributed by atoms with Gasteiger partial charge in [0.2, 0.25) is 0 Å². The molecule has 0 saturated carbocycles. The predicted octanol–water partition coefficient (Wildman–Crippen LogP) is 2.59. The van der Waals surface area contributed by atoms with E-state index in [2.05, 4.69) is 22.0 Å². The zero-order chi connectivity index (χ0) is 10.0.